The molecule has 0 aliphatic heterocycles. The van der Waals surface area contributed by atoms with Crippen LogP contribution in [0.1, 0.15) is 25.0 Å². The van der Waals surface area contributed by atoms with Gasteiger partial charge in [-0.15, -0.1) is 0 Å². The lowest BCUT2D eigenvalue weighted by molar-refractivity contribution is 0.661. The number of rotatable bonds is 3. The van der Waals surface area contributed by atoms with E-state index in [1.165, 1.54) is 44.1 Å². The van der Waals surface area contributed by atoms with Crippen molar-refractivity contribution in [3.05, 3.63) is 163 Å². The van der Waals surface area contributed by atoms with Crippen LogP contribution in [0, 0.1) is 0 Å². The Kier molecular flexibility index (Phi) is 5.37. The molecule has 0 radical (unpaired) electrons. The van der Waals surface area contributed by atoms with Crippen LogP contribution in [0.2, 0.25) is 0 Å². The van der Waals surface area contributed by atoms with E-state index >= 15 is 0 Å². The smallest absolute Gasteiger partial charge is 0.143 e. The summed E-state index contributed by atoms with van der Waals surface area (Å²) in [6.45, 7) is 4.71. The molecule has 0 saturated heterocycles. The minimum atomic E-state index is -0.0586. The predicted octanol–water partition coefficient (Wildman–Crippen LogP) is 12.3. The zero-order valence-corrected chi connectivity index (χ0v) is 26.3. The Morgan fingerprint density at radius 1 is 0.426 bits per heavy atom. The van der Waals surface area contributed by atoms with Gasteiger partial charge in [0.1, 0.15) is 11.2 Å². The number of fused-ring (bicyclic) bond motifs is 9. The second kappa shape index (κ2) is 9.57. The van der Waals surface area contributed by atoms with Crippen molar-refractivity contribution >= 4 is 43.7 Å². The first-order valence-electron chi connectivity index (χ1n) is 16.4. The molecule has 0 spiro atoms. The molecular weight excluding hydrogens is 571 g/mol. The fraction of sp³-hybridized carbons (Fsp3) is 0.0667. The molecule has 47 heavy (non-hydrogen) atoms. The summed E-state index contributed by atoms with van der Waals surface area (Å²) in [5.41, 5.74) is 15.4. The molecule has 0 unspecified atom stereocenters. The highest BCUT2D eigenvalue weighted by atomic mass is 16.3. The van der Waals surface area contributed by atoms with Crippen molar-refractivity contribution in [1.29, 1.82) is 0 Å². The molecule has 0 amide bonds. The summed E-state index contributed by atoms with van der Waals surface area (Å²) in [6, 6.07) is 55.0. The second-order valence-electron chi connectivity index (χ2n) is 13.3. The molecule has 7 aromatic carbocycles. The van der Waals surface area contributed by atoms with Crippen molar-refractivity contribution in [1.82, 2.24) is 4.57 Å². The van der Waals surface area contributed by atoms with Crippen molar-refractivity contribution < 1.29 is 4.42 Å². The van der Waals surface area contributed by atoms with Gasteiger partial charge in [0, 0.05) is 43.8 Å². The third-order valence-corrected chi connectivity index (χ3v) is 10.4. The minimum absolute atomic E-state index is 0.0586. The summed E-state index contributed by atoms with van der Waals surface area (Å²) in [4.78, 5) is 0. The Balaban J connectivity index is 1.14. The molecule has 2 heterocycles. The highest BCUT2D eigenvalue weighted by Crippen LogP contribution is 2.51. The van der Waals surface area contributed by atoms with Gasteiger partial charge in [0.05, 0.1) is 11.0 Å². The zero-order chi connectivity index (χ0) is 31.3. The Bertz CT molecular complexity index is 2690. The molecule has 2 nitrogen and oxygen atoms in total. The van der Waals surface area contributed by atoms with E-state index in [1.807, 2.05) is 0 Å². The monoisotopic (exact) mass is 601 g/mol. The van der Waals surface area contributed by atoms with Crippen LogP contribution in [0.5, 0.6) is 0 Å². The number of nitrogens with zero attached hydrogens (tertiary/aromatic N) is 1. The van der Waals surface area contributed by atoms with Gasteiger partial charge in [0.15, 0.2) is 0 Å². The summed E-state index contributed by atoms with van der Waals surface area (Å²) in [5.74, 6) is 0. The lowest BCUT2D eigenvalue weighted by Crippen LogP contribution is -2.14. The maximum absolute atomic E-state index is 6.72. The molecular formula is C45H31NO. The van der Waals surface area contributed by atoms with Crippen LogP contribution >= 0.6 is 0 Å². The molecule has 222 valence electrons. The van der Waals surface area contributed by atoms with E-state index in [1.54, 1.807) is 0 Å². The van der Waals surface area contributed by atoms with Crippen molar-refractivity contribution in [2.75, 3.05) is 0 Å². The van der Waals surface area contributed by atoms with Gasteiger partial charge in [-0.1, -0.05) is 135 Å². The van der Waals surface area contributed by atoms with Crippen LogP contribution in [0.15, 0.2) is 156 Å². The topological polar surface area (TPSA) is 18.1 Å². The molecule has 0 N–H and O–H groups in total. The van der Waals surface area contributed by atoms with Gasteiger partial charge in [-0.25, -0.2) is 0 Å². The number of aromatic nitrogens is 1. The Morgan fingerprint density at radius 3 is 1.77 bits per heavy atom. The predicted molar refractivity (Wildman–Crippen MR) is 196 cm³/mol. The Labute approximate surface area is 273 Å². The third-order valence-electron chi connectivity index (χ3n) is 10.4. The quantitative estimate of drug-likeness (QED) is 0.197. The van der Waals surface area contributed by atoms with Gasteiger partial charge in [-0.3, -0.25) is 0 Å². The van der Waals surface area contributed by atoms with Crippen molar-refractivity contribution in [3.8, 4) is 39.1 Å². The van der Waals surface area contributed by atoms with Crippen molar-refractivity contribution in [3.63, 3.8) is 0 Å². The van der Waals surface area contributed by atoms with Crippen LogP contribution in [-0.4, -0.2) is 4.57 Å². The van der Waals surface area contributed by atoms with E-state index in [0.29, 0.717) is 0 Å². The van der Waals surface area contributed by atoms with Gasteiger partial charge in [0.2, 0.25) is 0 Å². The normalized spacial score (nSPS) is 13.5. The summed E-state index contributed by atoms with van der Waals surface area (Å²) in [5, 5.41) is 4.84. The molecule has 1 aliphatic carbocycles. The van der Waals surface area contributed by atoms with Crippen LogP contribution in [0.3, 0.4) is 0 Å². The molecule has 2 heteroatoms. The third kappa shape index (κ3) is 3.67. The van der Waals surface area contributed by atoms with Gasteiger partial charge in [-0.05, 0) is 63.7 Å². The van der Waals surface area contributed by atoms with E-state index in [2.05, 4.69) is 170 Å². The first kappa shape index (κ1) is 26.4. The number of hydrogen-bond donors (Lipinski definition) is 0. The molecule has 0 atom stereocenters. The molecule has 0 fully saturated rings. The highest BCUT2D eigenvalue weighted by Gasteiger charge is 2.36. The average molecular weight is 602 g/mol. The van der Waals surface area contributed by atoms with Crippen LogP contribution in [0.4, 0.5) is 0 Å². The molecule has 9 aromatic rings. The van der Waals surface area contributed by atoms with Gasteiger partial charge >= 0.3 is 0 Å². The Morgan fingerprint density at radius 2 is 1.02 bits per heavy atom. The van der Waals surface area contributed by atoms with E-state index in [-0.39, 0.29) is 5.41 Å². The SMILES string of the molecule is CC1(C)c2ccccc2-c2cc3c4ccccc4n(-c4ccc(-c5cccc6c5oc5c(-c7ccccc7)cccc56)cc4)c3cc21. The standard InChI is InChI=1S/C45H31NO/c1-45(2)39-20-8-6-14-33(39)37-26-38-34-15-7-9-21-41(34)46(42(38)27-40(37)45)30-24-22-29(23-25-30)32-17-11-19-36-35-18-10-16-31(43(35)47-44(32)36)28-12-4-3-5-13-28/h3-27H,1-2H3. The van der Waals surface area contributed by atoms with E-state index in [4.69, 9.17) is 4.42 Å². The largest absolute Gasteiger partial charge is 0.455 e. The molecule has 0 bridgehead atoms. The fourth-order valence-corrected chi connectivity index (χ4v) is 8.12. The highest BCUT2D eigenvalue weighted by molar-refractivity contribution is 6.14. The van der Waals surface area contributed by atoms with E-state index in [0.717, 1.165) is 49.9 Å². The van der Waals surface area contributed by atoms with Crippen LogP contribution in [-0.2, 0) is 5.41 Å². The van der Waals surface area contributed by atoms with Crippen molar-refractivity contribution in [2.45, 2.75) is 19.3 Å². The summed E-state index contributed by atoms with van der Waals surface area (Å²) >= 11 is 0. The number of hydrogen-bond acceptors (Lipinski definition) is 1. The minimum Gasteiger partial charge on any atom is -0.455 e. The fourth-order valence-electron chi connectivity index (χ4n) is 8.12. The Hall–Kier alpha value is -5.86. The van der Waals surface area contributed by atoms with Gasteiger partial charge in [-0.2, -0.15) is 0 Å². The molecule has 0 saturated carbocycles. The van der Waals surface area contributed by atoms with E-state index < -0.39 is 0 Å². The second-order valence-corrected chi connectivity index (χ2v) is 13.3. The molecule has 10 rings (SSSR count). The maximum atomic E-state index is 6.72. The molecule has 1 aliphatic rings. The summed E-state index contributed by atoms with van der Waals surface area (Å²) in [7, 11) is 0. The van der Waals surface area contributed by atoms with Gasteiger partial charge < -0.3 is 8.98 Å². The maximum Gasteiger partial charge on any atom is 0.143 e. The number of benzene rings is 7. The first-order chi connectivity index (χ1) is 23.1. The first-order valence-corrected chi connectivity index (χ1v) is 16.4. The lowest BCUT2D eigenvalue weighted by Gasteiger charge is -2.21. The summed E-state index contributed by atoms with van der Waals surface area (Å²) in [6.07, 6.45) is 0. The van der Waals surface area contributed by atoms with Gasteiger partial charge in [0.25, 0.3) is 0 Å². The number of para-hydroxylation sites is 3. The van der Waals surface area contributed by atoms with E-state index in [9.17, 15) is 0 Å². The lowest BCUT2D eigenvalue weighted by atomic mass is 9.82. The number of furan rings is 1. The molecule has 2 aromatic heterocycles. The van der Waals surface area contributed by atoms with Crippen LogP contribution in [0.25, 0.3) is 82.8 Å². The summed E-state index contributed by atoms with van der Waals surface area (Å²) < 4.78 is 9.16. The zero-order valence-electron chi connectivity index (χ0n) is 26.3. The average Bonchev–Trinajstić information content (AvgIpc) is 3.74. The van der Waals surface area contributed by atoms with Crippen LogP contribution < -0.4 is 0 Å². The van der Waals surface area contributed by atoms with Crippen molar-refractivity contribution in [2.24, 2.45) is 0 Å².